The summed E-state index contributed by atoms with van der Waals surface area (Å²) >= 11 is 0. The summed E-state index contributed by atoms with van der Waals surface area (Å²) in [6.07, 6.45) is 0.280. The van der Waals surface area contributed by atoms with Gasteiger partial charge in [0.05, 0.1) is 12.7 Å². The van der Waals surface area contributed by atoms with Gasteiger partial charge in [-0.2, -0.15) is 5.26 Å². The van der Waals surface area contributed by atoms with Crippen LogP contribution in [0.1, 0.15) is 23.5 Å². The van der Waals surface area contributed by atoms with Crippen LogP contribution >= 0.6 is 0 Å². The van der Waals surface area contributed by atoms with Gasteiger partial charge >= 0.3 is 0 Å². The lowest BCUT2D eigenvalue weighted by atomic mass is 9.96. The van der Waals surface area contributed by atoms with Crippen molar-refractivity contribution < 1.29 is 9.84 Å². The first-order valence-electron chi connectivity index (χ1n) is 6.58. The molecule has 0 bridgehead atoms. The molecular weight excluding hydrogens is 250 g/mol. The van der Waals surface area contributed by atoms with Crippen molar-refractivity contribution in [3.05, 3.63) is 65.7 Å². The molecule has 1 N–H and O–H groups in total. The number of nitriles is 1. The molecule has 1 atom stereocenters. The van der Waals surface area contributed by atoms with E-state index in [1.807, 2.05) is 54.6 Å². The first-order valence-corrected chi connectivity index (χ1v) is 6.58. The first kappa shape index (κ1) is 14.1. The number of nitrogens with zero attached hydrogens (tertiary/aromatic N) is 1. The van der Waals surface area contributed by atoms with Crippen LogP contribution in [0.2, 0.25) is 0 Å². The van der Waals surface area contributed by atoms with Crippen LogP contribution in [-0.2, 0) is 6.61 Å². The molecule has 0 amide bonds. The summed E-state index contributed by atoms with van der Waals surface area (Å²) < 4.78 is 5.83. The summed E-state index contributed by atoms with van der Waals surface area (Å²) in [4.78, 5) is 0. The van der Waals surface area contributed by atoms with Crippen LogP contribution in [0.15, 0.2) is 54.6 Å². The van der Waals surface area contributed by atoms with E-state index in [1.54, 1.807) is 0 Å². The largest absolute Gasteiger partial charge is 0.489 e. The van der Waals surface area contributed by atoms with Crippen molar-refractivity contribution in [3.63, 3.8) is 0 Å². The van der Waals surface area contributed by atoms with Gasteiger partial charge < -0.3 is 9.84 Å². The molecule has 102 valence electrons. The molecule has 0 saturated carbocycles. The maximum atomic E-state index is 9.41. The molecule has 0 fully saturated rings. The highest BCUT2D eigenvalue weighted by atomic mass is 16.5. The van der Waals surface area contributed by atoms with Crippen LogP contribution in [0.5, 0.6) is 5.75 Å². The van der Waals surface area contributed by atoms with Gasteiger partial charge in [0.15, 0.2) is 0 Å². The average molecular weight is 267 g/mol. The van der Waals surface area contributed by atoms with E-state index in [-0.39, 0.29) is 18.9 Å². The third-order valence-electron chi connectivity index (χ3n) is 3.15. The Labute approximate surface area is 119 Å². The minimum Gasteiger partial charge on any atom is -0.489 e. The first-order chi connectivity index (χ1) is 9.85. The van der Waals surface area contributed by atoms with Crippen LogP contribution in [0.3, 0.4) is 0 Å². The Hall–Kier alpha value is -2.31. The summed E-state index contributed by atoms with van der Waals surface area (Å²) in [7, 11) is 0. The van der Waals surface area contributed by atoms with E-state index in [0.29, 0.717) is 6.61 Å². The van der Waals surface area contributed by atoms with Crippen LogP contribution in [-0.4, -0.2) is 11.7 Å². The zero-order valence-corrected chi connectivity index (χ0v) is 11.2. The molecule has 0 saturated heterocycles. The van der Waals surface area contributed by atoms with Gasteiger partial charge in [0.2, 0.25) is 0 Å². The normalized spacial score (nSPS) is 11.6. The molecule has 2 aromatic rings. The molecule has 0 aliphatic carbocycles. The van der Waals surface area contributed by atoms with Gasteiger partial charge in [0.1, 0.15) is 12.4 Å². The van der Waals surface area contributed by atoms with Gasteiger partial charge in [0.25, 0.3) is 0 Å². The number of para-hydroxylation sites is 1. The second-order valence-corrected chi connectivity index (χ2v) is 4.55. The van der Waals surface area contributed by atoms with Crippen LogP contribution in [0, 0.1) is 11.3 Å². The Morgan fingerprint density at radius 2 is 1.75 bits per heavy atom. The highest BCUT2D eigenvalue weighted by Gasteiger charge is 2.15. The minimum absolute atomic E-state index is 0.0563. The van der Waals surface area contributed by atoms with Crippen molar-refractivity contribution in [3.8, 4) is 11.8 Å². The fourth-order valence-electron chi connectivity index (χ4n) is 2.07. The Bertz CT molecular complexity index is 575. The molecule has 0 aromatic heterocycles. The van der Waals surface area contributed by atoms with Crippen molar-refractivity contribution in [2.75, 3.05) is 6.61 Å². The van der Waals surface area contributed by atoms with E-state index in [2.05, 4.69) is 6.07 Å². The van der Waals surface area contributed by atoms with Crippen molar-refractivity contribution in [2.24, 2.45) is 0 Å². The molecule has 3 heteroatoms. The van der Waals surface area contributed by atoms with Crippen LogP contribution in [0.25, 0.3) is 0 Å². The zero-order valence-electron chi connectivity index (χ0n) is 11.2. The Morgan fingerprint density at radius 1 is 1.05 bits per heavy atom. The van der Waals surface area contributed by atoms with E-state index in [9.17, 15) is 5.11 Å². The Kier molecular flexibility index (Phi) is 5.16. The van der Waals surface area contributed by atoms with Gasteiger partial charge in [-0.05, 0) is 11.6 Å². The number of ether oxygens (including phenoxy) is 1. The van der Waals surface area contributed by atoms with Gasteiger partial charge in [0, 0.05) is 17.9 Å². The molecular formula is C17H17NO2. The van der Waals surface area contributed by atoms with Gasteiger partial charge in [-0.1, -0.05) is 48.5 Å². The van der Waals surface area contributed by atoms with E-state index >= 15 is 0 Å². The van der Waals surface area contributed by atoms with E-state index < -0.39 is 0 Å². The second kappa shape index (κ2) is 7.32. The fraction of sp³-hybridized carbons (Fsp3) is 0.235. The number of hydrogen-bond donors (Lipinski definition) is 1. The molecule has 2 rings (SSSR count). The van der Waals surface area contributed by atoms with Gasteiger partial charge in [-0.25, -0.2) is 0 Å². The molecule has 0 radical (unpaired) electrons. The summed E-state index contributed by atoms with van der Waals surface area (Å²) in [6, 6.07) is 19.6. The lowest BCUT2D eigenvalue weighted by Gasteiger charge is -2.16. The summed E-state index contributed by atoms with van der Waals surface area (Å²) in [6.45, 7) is 0.418. The SMILES string of the molecule is N#CCC(CO)c1ccccc1OCc1ccccc1. The van der Waals surface area contributed by atoms with Crippen LogP contribution < -0.4 is 4.74 Å². The number of aliphatic hydroxyl groups is 1. The summed E-state index contributed by atoms with van der Waals surface area (Å²) in [5, 5.41) is 18.2. The maximum absolute atomic E-state index is 9.41. The third kappa shape index (κ3) is 3.59. The lowest BCUT2D eigenvalue weighted by molar-refractivity contribution is 0.256. The highest BCUT2D eigenvalue weighted by Crippen LogP contribution is 2.29. The molecule has 3 nitrogen and oxygen atoms in total. The smallest absolute Gasteiger partial charge is 0.123 e. The molecule has 0 heterocycles. The van der Waals surface area contributed by atoms with E-state index in [4.69, 9.17) is 10.00 Å². The predicted octanol–water partition coefficient (Wildman–Crippen LogP) is 3.26. The number of benzene rings is 2. The minimum atomic E-state index is -0.202. The lowest BCUT2D eigenvalue weighted by Crippen LogP contribution is -2.06. The van der Waals surface area contributed by atoms with Gasteiger partial charge in [-0.15, -0.1) is 0 Å². The Balaban J connectivity index is 2.13. The molecule has 0 spiro atoms. The molecule has 0 aliphatic heterocycles. The predicted molar refractivity (Wildman–Crippen MR) is 77.3 cm³/mol. The number of aliphatic hydroxyl groups excluding tert-OH is 1. The second-order valence-electron chi connectivity index (χ2n) is 4.55. The molecule has 20 heavy (non-hydrogen) atoms. The third-order valence-corrected chi connectivity index (χ3v) is 3.15. The maximum Gasteiger partial charge on any atom is 0.123 e. The van der Waals surface area contributed by atoms with Crippen LogP contribution in [0.4, 0.5) is 0 Å². The fourth-order valence-corrected chi connectivity index (χ4v) is 2.07. The van der Waals surface area contributed by atoms with E-state index in [0.717, 1.165) is 16.9 Å². The monoisotopic (exact) mass is 267 g/mol. The summed E-state index contributed by atoms with van der Waals surface area (Å²) in [5.74, 6) is 0.526. The number of hydrogen-bond acceptors (Lipinski definition) is 3. The van der Waals surface area contributed by atoms with Crippen molar-refractivity contribution in [1.82, 2.24) is 0 Å². The average Bonchev–Trinajstić information content (AvgIpc) is 2.52. The van der Waals surface area contributed by atoms with Gasteiger partial charge in [-0.3, -0.25) is 0 Å². The summed E-state index contributed by atoms with van der Waals surface area (Å²) in [5.41, 5.74) is 1.97. The van der Waals surface area contributed by atoms with Crippen molar-refractivity contribution in [2.45, 2.75) is 18.9 Å². The molecule has 2 aromatic carbocycles. The molecule has 1 unspecified atom stereocenters. The molecule has 0 aliphatic rings. The quantitative estimate of drug-likeness (QED) is 0.874. The van der Waals surface area contributed by atoms with Crippen molar-refractivity contribution >= 4 is 0 Å². The van der Waals surface area contributed by atoms with E-state index in [1.165, 1.54) is 0 Å². The van der Waals surface area contributed by atoms with Crippen molar-refractivity contribution in [1.29, 1.82) is 5.26 Å². The standard InChI is InChI=1S/C17H17NO2/c18-11-10-15(12-19)16-8-4-5-9-17(16)20-13-14-6-2-1-3-7-14/h1-9,15,19H,10,12-13H2. The Morgan fingerprint density at radius 3 is 2.45 bits per heavy atom. The highest BCUT2D eigenvalue weighted by molar-refractivity contribution is 5.37. The zero-order chi connectivity index (χ0) is 14.2. The number of rotatable bonds is 6. The topological polar surface area (TPSA) is 53.2 Å².